The Hall–Kier alpha value is -2.71. The quantitative estimate of drug-likeness (QED) is 0.722. The summed E-state index contributed by atoms with van der Waals surface area (Å²) in [7, 11) is 0. The van der Waals surface area contributed by atoms with E-state index in [-0.39, 0.29) is 28.8 Å². The average molecular weight is 374 g/mol. The highest BCUT2D eigenvalue weighted by atomic mass is 35.5. The van der Waals surface area contributed by atoms with E-state index in [0.717, 1.165) is 12.8 Å². The first-order valence-electron chi connectivity index (χ1n) is 8.21. The molecule has 1 aliphatic rings. The Morgan fingerprint density at radius 1 is 1.42 bits per heavy atom. The summed E-state index contributed by atoms with van der Waals surface area (Å²) in [5, 5.41) is 0.512. The van der Waals surface area contributed by atoms with E-state index in [2.05, 4.69) is 15.0 Å². The second-order valence-electron chi connectivity index (χ2n) is 6.14. The lowest BCUT2D eigenvalue weighted by Crippen LogP contribution is -2.24. The number of hydrogen-bond acceptors (Lipinski definition) is 5. The maximum Gasteiger partial charge on any atom is 0.327 e. The number of aromatic nitrogens is 4. The van der Waals surface area contributed by atoms with Crippen LogP contribution in [-0.2, 0) is 11.3 Å². The number of aromatic amines is 1. The minimum atomic E-state index is -0.744. The molecule has 0 saturated carbocycles. The number of hydrogen-bond donors (Lipinski definition) is 2. The third kappa shape index (κ3) is 2.97. The molecule has 0 aliphatic carbocycles. The molecule has 134 valence electrons. The molecule has 1 fully saturated rings. The lowest BCUT2D eigenvalue weighted by Gasteiger charge is -2.10. The molecule has 1 saturated heterocycles. The zero-order valence-corrected chi connectivity index (χ0v) is 14.5. The van der Waals surface area contributed by atoms with E-state index in [0.29, 0.717) is 29.4 Å². The lowest BCUT2D eigenvalue weighted by atomic mass is 10.2. The normalized spacial score (nSPS) is 17.0. The predicted molar refractivity (Wildman–Crippen MR) is 96.1 cm³/mol. The van der Waals surface area contributed by atoms with Crippen LogP contribution in [0.15, 0.2) is 29.1 Å². The van der Waals surface area contributed by atoms with Crippen molar-refractivity contribution in [2.45, 2.75) is 25.5 Å². The molecule has 1 amide bonds. The van der Waals surface area contributed by atoms with Gasteiger partial charge < -0.3 is 15.5 Å². The number of benzene rings is 1. The average Bonchev–Trinajstić information content (AvgIpc) is 3.23. The van der Waals surface area contributed by atoms with Gasteiger partial charge in [0.15, 0.2) is 17.2 Å². The SMILES string of the molecule is NC(=O)c1nc(-c2cccc(Cl)c2)nc2c1[nH]c(=O)n2CC1CCCO1. The Labute approximate surface area is 153 Å². The Morgan fingerprint density at radius 2 is 2.27 bits per heavy atom. The van der Waals surface area contributed by atoms with Crippen LogP contribution in [0, 0.1) is 0 Å². The van der Waals surface area contributed by atoms with E-state index in [1.165, 1.54) is 4.57 Å². The van der Waals surface area contributed by atoms with Crippen LogP contribution >= 0.6 is 11.6 Å². The van der Waals surface area contributed by atoms with Crippen molar-refractivity contribution in [1.29, 1.82) is 0 Å². The van der Waals surface area contributed by atoms with Gasteiger partial charge in [0.1, 0.15) is 5.52 Å². The van der Waals surface area contributed by atoms with E-state index in [9.17, 15) is 9.59 Å². The van der Waals surface area contributed by atoms with Crippen molar-refractivity contribution in [3.63, 3.8) is 0 Å². The zero-order valence-electron chi connectivity index (χ0n) is 13.7. The van der Waals surface area contributed by atoms with Crippen molar-refractivity contribution < 1.29 is 9.53 Å². The molecule has 0 radical (unpaired) electrons. The standard InChI is InChI=1S/C17H16ClN5O3/c18-10-4-1-3-9(7-10)15-20-12(14(19)24)13-16(22-15)23(17(25)21-13)8-11-5-2-6-26-11/h1,3-4,7,11H,2,5-6,8H2,(H2,19,24)(H,21,25). The highest BCUT2D eigenvalue weighted by Crippen LogP contribution is 2.23. The molecular formula is C17H16ClN5O3. The highest BCUT2D eigenvalue weighted by molar-refractivity contribution is 6.30. The fourth-order valence-electron chi connectivity index (χ4n) is 3.13. The minimum absolute atomic E-state index is 0.0341. The minimum Gasteiger partial charge on any atom is -0.376 e. The van der Waals surface area contributed by atoms with E-state index >= 15 is 0 Å². The number of carbonyl (C=O) groups is 1. The molecular weight excluding hydrogens is 358 g/mol. The largest absolute Gasteiger partial charge is 0.376 e. The van der Waals surface area contributed by atoms with Crippen molar-refractivity contribution >= 4 is 28.7 Å². The Kier molecular flexibility index (Phi) is 4.21. The summed E-state index contributed by atoms with van der Waals surface area (Å²) >= 11 is 6.04. The van der Waals surface area contributed by atoms with Crippen LogP contribution < -0.4 is 11.4 Å². The van der Waals surface area contributed by atoms with Crippen LogP contribution in [-0.4, -0.2) is 38.1 Å². The summed E-state index contributed by atoms with van der Waals surface area (Å²) in [5.74, 6) is -0.472. The van der Waals surface area contributed by atoms with Crippen LogP contribution in [0.4, 0.5) is 0 Å². The molecule has 0 bridgehead atoms. The van der Waals surface area contributed by atoms with Gasteiger partial charge in [-0.15, -0.1) is 0 Å². The van der Waals surface area contributed by atoms with Gasteiger partial charge in [0.05, 0.1) is 12.6 Å². The van der Waals surface area contributed by atoms with Crippen LogP contribution in [0.3, 0.4) is 0 Å². The summed E-state index contributed by atoms with van der Waals surface area (Å²) in [6.45, 7) is 1.03. The van der Waals surface area contributed by atoms with Gasteiger partial charge in [-0.1, -0.05) is 23.7 Å². The molecule has 1 atom stereocenters. The number of primary amides is 1. The van der Waals surface area contributed by atoms with Crippen LogP contribution in [0.1, 0.15) is 23.3 Å². The summed E-state index contributed by atoms with van der Waals surface area (Å²) < 4.78 is 7.08. The number of carbonyl (C=O) groups excluding carboxylic acids is 1. The molecule has 2 aromatic heterocycles. The molecule has 3 N–H and O–H groups in total. The molecule has 9 heteroatoms. The van der Waals surface area contributed by atoms with Crippen LogP contribution in [0.2, 0.25) is 5.02 Å². The van der Waals surface area contributed by atoms with E-state index < -0.39 is 5.91 Å². The monoisotopic (exact) mass is 373 g/mol. The second kappa shape index (κ2) is 6.54. The number of nitrogens with one attached hydrogen (secondary N) is 1. The fourth-order valence-corrected chi connectivity index (χ4v) is 3.32. The smallest absolute Gasteiger partial charge is 0.327 e. The lowest BCUT2D eigenvalue weighted by molar-refractivity contribution is 0.0970. The van der Waals surface area contributed by atoms with Crippen molar-refractivity contribution in [2.24, 2.45) is 5.73 Å². The molecule has 1 aliphatic heterocycles. The van der Waals surface area contributed by atoms with Gasteiger partial charge in [0, 0.05) is 17.2 Å². The van der Waals surface area contributed by atoms with Gasteiger partial charge in [-0.2, -0.15) is 0 Å². The van der Waals surface area contributed by atoms with Crippen LogP contribution in [0.25, 0.3) is 22.6 Å². The number of halogens is 1. The van der Waals surface area contributed by atoms with Gasteiger partial charge in [-0.3, -0.25) is 9.36 Å². The first-order chi connectivity index (χ1) is 12.5. The van der Waals surface area contributed by atoms with Crippen LogP contribution in [0.5, 0.6) is 0 Å². The maximum absolute atomic E-state index is 12.4. The zero-order chi connectivity index (χ0) is 18.3. The number of nitrogens with zero attached hydrogens (tertiary/aromatic N) is 3. The number of H-pyrrole nitrogens is 1. The van der Waals surface area contributed by atoms with E-state index in [1.807, 2.05) is 0 Å². The van der Waals surface area contributed by atoms with Gasteiger partial charge in [-0.05, 0) is 25.0 Å². The van der Waals surface area contributed by atoms with Gasteiger partial charge >= 0.3 is 5.69 Å². The number of rotatable bonds is 4. The molecule has 26 heavy (non-hydrogen) atoms. The van der Waals surface area contributed by atoms with E-state index in [4.69, 9.17) is 22.1 Å². The molecule has 0 spiro atoms. The van der Waals surface area contributed by atoms with Gasteiger partial charge in [0.2, 0.25) is 0 Å². The first-order valence-corrected chi connectivity index (χ1v) is 8.58. The number of imidazole rings is 1. The Morgan fingerprint density at radius 3 is 2.96 bits per heavy atom. The van der Waals surface area contributed by atoms with Crippen molar-refractivity contribution in [1.82, 2.24) is 19.5 Å². The number of fused-ring (bicyclic) bond motifs is 1. The van der Waals surface area contributed by atoms with Crippen molar-refractivity contribution in [2.75, 3.05) is 6.61 Å². The van der Waals surface area contributed by atoms with Gasteiger partial charge in [0.25, 0.3) is 5.91 Å². The molecule has 3 aromatic rings. The van der Waals surface area contributed by atoms with Crippen molar-refractivity contribution in [3.05, 3.63) is 45.5 Å². The third-order valence-electron chi connectivity index (χ3n) is 4.35. The highest BCUT2D eigenvalue weighted by Gasteiger charge is 2.23. The number of ether oxygens (including phenoxy) is 1. The first kappa shape index (κ1) is 16.7. The van der Waals surface area contributed by atoms with Gasteiger partial charge in [-0.25, -0.2) is 14.8 Å². The molecule has 4 rings (SSSR count). The molecule has 1 unspecified atom stereocenters. The summed E-state index contributed by atoms with van der Waals surface area (Å²) in [6.07, 6.45) is 1.76. The molecule has 3 heterocycles. The summed E-state index contributed by atoms with van der Waals surface area (Å²) in [6, 6.07) is 6.93. The third-order valence-corrected chi connectivity index (χ3v) is 4.58. The number of amides is 1. The summed E-state index contributed by atoms with van der Waals surface area (Å²) in [4.78, 5) is 35.7. The van der Waals surface area contributed by atoms with Crippen molar-refractivity contribution in [3.8, 4) is 11.4 Å². The maximum atomic E-state index is 12.4. The molecule has 1 aromatic carbocycles. The topological polar surface area (TPSA) is 116 Å². The number of nitrogens with two attached hydrogens (primary N) is 1. The summed E-state index contributed by atoms with van der Waals surface area (Å²) in [5.41, 5.74) is 6.23. The Balaban J connectivity index is 1.91. The fraction of sp³-hybridized carbons (Fsp3) is 0.294. The Bertz CT molecular complexity index is 1050. The van der Waals surface area contributed by atoms with E-state index in [1.54, 1.807) is 24.3 Å². The molecule has 8 nitrogen and oxygen atoms in total. The second-order valence-corrected chi connectivity index (χ2v) is 6.58. The predicted octanol–water partition coefficient (Wildman–Crippen LogP) is 1.72.